The number of carbonyl (C=O) groups excluding carboxylic acids is 2. The number of benzene rings is 3. The minimum Gasteiger partial charge on any atom is -0.352 e. The van der Waals surface area contributed by atoms with Gasteiger partial charge in [-0.05, 0) is 42.3 Å². The van der Waals surface area contributed by atoms with Crippen molar-refractivity contribution < 1.29 is 22.4 Å². The number of aryl methyl sites for hydroxylation is 1. The molecule has 3 aromatic rings. The number of halogens is 1. The van der Waals surface area contributed by atoms with E-state index < -0.39 is 21.7 Å². The van der Waals surface area contributed by atoms with Crippen LogP contribution in [0.15, 0.2) is 77.7 Å². The topological polar surface area (TPSA) is 104 Å². The lowest BCUT2D eigenvalue weighted by Crippen LogP contribution is -2.31. The second-order valence-corrected chi connectivity index (χ2v) is 9.01. The van der Waals surface area contributed by atoms with E-state index in [1.165, 1.54) is 36.4 Å². The molecular weight excluding hydrogens is 445 g/mol. The van der Waals surface area contributed by atoms with Crippen LogP contribution in [0.2, 0.25) is 0 Å². The van der Waals surface area contributed by atoms with Gasteiger partial charge < -0.3 is 10.6 Å². The zero-order valence-corrected chi connectivity index (χ0v) is 18.8. The number of nitrogens with one attached hydrogen (secondary N) is 3. The first kappa shape index (κ1) is 23.9. The Kier molecular flexibility index (Phi) is 7.78. The van der Waals surface area contributed by atoms with E-state index >= 15 is 0 Å². The molecule has 172 valence electrons. The van der Waals surface area contributed by atoms with Gasteiger partial charge in [0, 0.05) is 25.1 Å². The molecule has 0 fully saturated rings. The van der Waals surface area contributed by atoms with Crippen molar-refractivity contribution >= 4 is 27.5 Å². The molecule has 0 bridgehead atoms. The lowest BCUT2D eigenvalue weighted by Gasteiger charge is -2.12. The van der Waals surface area contributed by atoms with Crippen molar-refractivity contribution in [2.24, 2.45) is 0 Å². The Bertz CT molecular complexity index is 1250. The molecule has 0 radical (unpaired) electrons. The molecule has 0 aliphatic rings. The van der Waals surface area contributed by atoms with Crippen molar-refractivity contribution in [3.63, 3.8) is 0 Å². The fourth-order valence-electron chi connectivity index (χ4n) is 3.03. The van der Waals surface area contributed by atoms with Crippen molar-refractivity contribution in [2.45, 2.75) is 24.8 Å². The number of hydrogen-bond donors (Lipinski definition) is 3. The van der Waals surface area contributed by atoms with Crippen molar-refractivity contribution in [1.29, 1.82) is 0 Å². The maximum Gasteiger partial charge on any atom is 0.262 e. The van der Waals surface area contributed by atoms with Gasteiger partial charge in [0.15, 0.2) is 0 Å². The fraction of sp³-hybridized carbons (Fsp3) is 0.167. The number of hydrogen-bond acceptors (Lipinski definition) is 4. The minimum atomic E-state index is -4.11. The molecule has 0 unspecified atom stereocenters. The minimum absolute atomic E-state index is 0.0739. The smallest absolute Gasteiger partial charge is 0.262 e. The highest BCUT2D eigenvalue weighted by molar-refractivity contribution is 7.92. The first-order chi connectivity index (χ1) is 15.8. The summed E-state index contributed by atoms with van der Waals surface area (Å²) in [5.74, 6) is -1.44. The van der Waals surface area contributed by atoms with Crippen LogP contribution < -0.4 is 15.4 Å². The molecule has 2 amide bonds. The summed E-state index contributed by atoms with van der Waals surface area (Å²) >= 11 is 0. The predicted octanol–water partition coefficient (Wildman–Crippen LogP) is 3.37. The van der Waals surface area contributed by atoms with Crippen molar-refractivity contribution in [3.05, 3.63) is 95.3 Å². The predicted molar refractivity (Wildman–Crippen MR) is 124 cm³/mol. The maximum absolute atomic E-state index is 13.8. The Hall–Kier alpha value is -3.72. The third kappa shape index (κ3) is 6.63. The van der Waals surface area contributed by atoms with E-state index in [1.807, 2.05) is 30.3 Å². The van der Waals surface area contributed by atoms with Crippen LogP contribution in [-0.4, -0.2) is 26.8 Å². The Balaban J connectivity index is 1.60. The molecule has 0 saturated heterocycles. The van der Waals surface area contributed by atoms with Gasteiger partial charge in [-0.25, -0.2) is 12.8 Å². The highest BCUT2D eigenvalue weighted by Crippen LogP contribution is 2.21. The second-order valence-electron chi connectivity index (χ2n) is 7.33. The van der Waals surface area contributed by atoms with E-state index in [0.717, 1.165) is 11.6 Å². The number of anilines is 1. The van der Waals surface area contributed by atoms with E-state index in [2.05, 4.69) is 15.4 Å². The molecule has 0 spiro atoms. The van der Waals surface area contributed by atoms with E-state index in [0.29, 0.717) is 12.1 Å². The van der Waals surface area contributed by atoms with Crippen LogP contribution in [0.4, 0.5) is 10.1 Å². The van der Waals surface area contributed by atoms with Crippen LogP contribution in [0.5, 0.6) is 0 Å². The van der Waals surface area contributed by atoms with Crippen molar-refractivity contribution in [3.8, 4) is 0 Å². The Labute approximate surface area is 192 Å². The molecule has 7 nitrogen and oxygen atoms in total. The normalized spacial score (nSPS) is 11.0. The van der Waals surface area contributed by atoms with Crippen LogP contribution in [-0.2, 0) is 21.4 Å². The molecule has 3 rings (SSSR count). The highest BCUT2D eigenvalue weighted by Gasteiger charge is 2.19. The zero-order valence-electron chi connectivity index (χ0n) is 18.0. The highest BCUT2D eigenvalue weighted by atomic mass is 32.2. The Morgan fingerprint density at radius 2 is 1.61 bits per heavy atom. The number of amides is 2. The van der Waals surface area contributed by atoms with Crippen molar-refractivity contribution in [2.75, 3.05) is 11.3 Å². The largest absolute Gasteiger partial charge is 0.352 e. The third-order valence-electron chi connectivity index (χ3n) is 4.85. The van der Waals surface area contributed by atoms with Gasteiger partial charge in [0.25, 0.3) is 15.9 Å². The molecule has 0 aliphatic heterocycles. The molecule has 0 saturated carbocycles. The fourth-order valence-corrected chi connectivity index (χ4v) is 4.12. The lowest BCUT2D eigenvalue weighted by molar-refractivity contribution is -0.121. The van der Waals surface area contributed by atoms with E-state index in [-0.39, 0.29) is 35.0 Å². The average Bonchev–Trinajstić information content (AvgIpc) is 2.80. The molecular formula is C24H24FN3O4S. The van der Waals surface area contributed by atoms with Gasteiger partial charge in [-0.15, -0.1) is 0 Å². The summed E-state index contributed by atoms with van der Waals surface area (Å²) in [7, 11) is -4.11. The molecule has 9 heteroatoms. The average molecular weight is 470 g/mol. The standard InChI is InChI=1S/C24H24FN3O4S/c1-17-11-12-19(33(31,32)28-22-10-6-5-9-21(22)25)15-20(17)24(30)26-14-13-23(29)27-16-18-7-3-2-4-8-18/h2-12,15,28H,13-14,16H2,1H3,(H,26,30)(H,27,29). The Morgan fingerprint density at radius 1 is 0.909 bits per heavy atom. The summed E-state index contributed by atoms with van der Waals surface area (Å²) in [5.41, 5.74) is 1.49. The summed E-state index contributed by atoms with van der Waals surface area (Å²) in [5, 5.41) is 5.40. The number of sulfonamides is 1. The van der Waals surface area contributed by atoms with Gasteiger partial charge in [-0.1, -0.05) is 48.5 Å². The van der Waals surface area contributed by atoms with Gasteiger partial charge in [0.2, 0.25) is 5.91 Å². The second kappa shape index (κ2) is 10.7. The van der Waals surface area contributed by atoms with Gasteiger partial charge in [-0.3, -0.25) is 14.3 Å². The number of para-hydroxylation sites is 1. The SMILES string of the molecule is Cc1ccc(S(=O)(=O)Nc2ccccc2F)cc1C(=O)NCCC(=O)NCc1ccccc1. The third-order valence-corrected chi connectivity index (χ3v) is 6.22. The summed E-state index contributed by atoms with van der Waals surface area (Å²) < 4.78 is 41.4. The zero-order chi connectivity index (χ0) is 23.8. The van der Waals surface area contributed by atoms with E-state index in [9.17, 15) is 22.4 Å². The summed E-state index contributed by atoms with van der Waals surface area (Å²) in [6, 6.07) is 18.9. The summed E-state index contributed by atoms with van der Waals surface area (Å²) in [4.78, 5) is 24.4. The van der Waals surface area contributed by atoms with E-state index in [4.69, 9.17) is 0 Å². The lowest BCUT2D eigenvalue weighted by atomic mass is 10.1. The van der Waals surface area contributed by atoms with Crippen LogP contribution >= 0.6 is 0 Å². The van der Waals surface area contributed by atoms with Crippen molar-refractivity contribution in [1.82, 2.24) is 10.6 Å². The van der Waals surface area contributed by atoms with Crippen LogP contribution in [0.3, 0.4) is 0 Å². The molecule has 33 heavy (non-hydrogen) atoms. The number of rotatable bonds is 9. The monoisotopic (exact) mass is 469 g/mol. The molecule has 0 heterocycles. The van der Waals surface area contributed by atoms with Crippen LogP contribution in [0, 0.1) is 12.7 Å². The first-order valence-corrected chi connectivity index (χ1v) is 11.7. The molecule has 3 aromatic carbocycles. The molecule has 0 aliphatic carbocycles. The van der Waals surface area contributed by atoms with Gasteiger partial charge in [0.1, 0.15) is 5.82 Å². The molecule has 0 atom stereocenters. The van der Waals surface area contributed by atoms with Crippen LogP contribution in [0.1, 0.15) is 27.9 Å². The maximum atomic E-state index is 13.8. The quantitative estimate of drug-likeness (QED) is 0.447. The van der Waals surface area contributed by atoms with Gasteiger partial charge in [-0.2, -0.15) is 0 Å². The van der Waals surface area contributed by atoms with Crippen LogP contribution in [0.25, 0.3) is 0 Å². The Morgan fingerprint density at radius 3 is 2.33 bits per heavy atom. The van der Waals surface area contributed by atoms with Gasteiger partial charge >= 0.3 is 0 Å². The summed E-state index contributed by atoms with van der Waals surface area (Å²) in [6.45, 7) is 2.15. The number of carbonyl (C=O) groups is 2. The molecule has 0 aromatic heterocycles. The van der Waals surface area contributed by atoms with E-state index in [1.54, 1.807) is 6.92 Å². The van der Waals surface area contributed by atoms with Gasteiger partial charge in [0.05, 0.1) is 10.6 Å². The molecule has 3 N–H and O–H groups in total. The first-order valence-electron chi connectivity index (χ1n) is 10.2. The summed E-state index contributed by atoms with van der Waals surface area (Å²) in [6.07, 6.45) is 0.0739.